The van der Waals surface area contributed by atoms with Gasteiger partial charge < -0.3 is 24.6 Å². The molecule has 3 heterocycles. The van der Waals surface area contributed by atoms with Crippen LogP contribution in [0.3, 0.4) is 0 Å². The molecule has 0 spiro atoms. The molecule has 180 valence electrons. The maximum atomic E-state index is 13.3. The Kier molecular flexibility index (Phi) is 7.53. The minimum Gasteiger partial charge on any atom is -0.490 e. The highest BCUT2D eigenvalue weighted by Crippen LogP contribution is 2.32. The highest BCUT2D eigenvalue weighted by molar-refractivity contribution is 5.99. The van der Waals surface area contributed by atoms with Crippen molar-refractivity contribution in [1.82, 2.24) is 9.80 Å². The molecule has 1 aromatic carbocycles. The molecule has 3 amide bonds. The van der Waals surface area contributed by atoms with Crippen LogP contribution in [0.4, 0.5) is 5.69 Å². The first kappa shape index (κ1) is 23.5. The molecule has 0 saturated carbocycles. The zero-order chi connectivity index (χ0) is 23.4. The van der Waals surface area contributed by atoms with Crippen molar-refractivity contribution < 1.29 is 23.9 Å². The number of likely N-dealkylation sites (tertiary alicyclic amines) is 1. The fraction of sp³-hybridized carbons (Fsp3) is 0.640. The smallest absolute Gasteiger partial charge is 0.257 e. The fourth-order valence-electron chi connectivity index (χ4n) is 5.02. The van der Waals surface area contributed by atoms with Gasteiger partial charge in [-0.15, -0.1) is 0 Å². The molecule has 8 nitrogen and oxygen atoms in total. The highest BCUT2D eigenvalue weighted by Gasteiger charge is 2.39. The van der Waals surface area contributed by atoms with Crippen LogP contribution >= 0.6 is 0 Å². The lowest BCUT2D eigenvalue weighted by Crippen LogP contribution is -2.54. The van der Waals surface area contributed by atoms with Crippen molar-refractivity contribution in [2.24, 2.45) is 0 Å². The van der Waals surface area contributed by atoms with Gasteiger partial charge in [0, 0.05) is 32.2 Å². The molecule has 3 atom stereocenters. The number of hydrogen-bond acceptors (Lipinski definition) is 5. The number of piperidine rings is 1. The summed E-state index contributed by atoms with van der Waals surface area (Å²) in [6.45, 7) is 3.94. The number of anilines is 1. The van der Waals surface area contributed by atoms with Gasteiger partial charge in [0.15, 0.2) is 0 Å². The van der Waals surface area contributed by atoms with Crippen LogP contribution in [0.25, 0.3) is 0 Å². The second-order valence-corrected chi connectivity index (χ2v) is 9.32. The van der Waals surface area contributed by atoms with E-state index in [4.69, 9.17) is 9.47 Å². The number of nitrogens with zero attached hydrogens (tertiary/aromatic N) is 2. The lowest BCUT2D eigenvalue weighted by molar-refractivity contribution is -0.143. The number of fused-ring (bicyclic) bond motifs is 2. The first-order valence-corrected chi connectivity index (χ1v) is 12.2. The number of hydrogen-bond donors (Lipinski definition) is 1. The van der Waals surface area contributed by atoms with Crippen LogP contribution in [-0.2, 0) is 14.3 Å². The van der Waals surface area contributed by atoms with Crippen LogP contribution in [0.2, 0.25) is 0 Å². The number of carbonyl (C=O) groups is 3. The number of ether oxygens (including phenoxy) is 2. The molecule has 4 rings (SSSR count). The third-order valence-electron chi connectivity index (χ3n) is 6.88. The molecule has 1 aromatic rings. The number of likely N-dealkylation sites (N-methyl/N-ethyl adjacent to an activating group) is 1. The Morgan fingerprint density at radius 3 is 2.70 bits per heavy atom. The monoisotopic (exact) mass is 457 g/mol. The predicted molar refractivity (Wildman–Crippen MR) is 124 cm³/mol. The second kappa shape index (κ2) is 10.5. The van der Waals surface area contributed by atoms with Crippen LogP contribution < -0.4 is 10.1 Å². The maximum Gasteiger partial charge on any atom is 0.257 e. The van der Waals surface area contributed by atoms with Gasteiger partial charge >= 0.3 is 0 Å². The lowest BCUT2D eigenvalue weighted by Gasteiger charge is -2.42. The maximum absolute atomic E-state index is 13.3. The lowest BCUT2D eigenvalue weighted by atomic mass is 9.94. The van der Waals surface area contributed by atoms with Crippen LogP contribution in [0, 0.1) is 0 Å². The Morgan fingerprint density at radius 1 is 1.15 bits per heavy atom. The van der Waals surface area contributed by atoms with Crippen LogP contribution in [0.1, 0.15) is 68.6 Å². The van der Waals surface area contributed by atoms with Crippen molar-refractivity contribution in [3.8, 4) is 5.75 Å². The summed E-state index contributed by atoms with van der Waals surface area (Å²) in [5.74, 6) is 0.417. The molecule has 0 unspecified atom stereocenters. The first-order chi connectivity index (χ1) is 16.0. The average Bonchev–Trinajstić information content (AvgIpc) is 2.82. The van der Waals surface area contributed by atoms with Crippen LogP contribution in [-0.4, -0.2) is 72.5 Å². The molecule has 8 heteroatoms. The predicted octanol–water partition coefficient (Wildman–Crippen LogP) is 3.21. The molecule has 3 aliphatic rings. The third-order valence-corrected chi connectivity index (χ3v) is 6.88. The Balaban J connectivity index is 1.43. The van der Waals surface area contributed by atoms with Crippen molar-refractivity contribution in [2.75, 3.05) is 32.1 Å². The summed E-state index contributed by atoms with van der Waals surface area (Å²) in [5.41, 5.74) is 1.03. The second-order valence-electron chi connectivity index (χ2n) is 9.32. The minimum absolute atomic E-state index is 0.0732. The van der Waals surface area contributed by atoms with Gasteiger partial charge in [-0.2, -0.15) is 0 Å². The largest absolute Gasteiger partial charge is 0.490 e. The van der Waals surface area contributed by atoms with Crippen molar-refractivity contribution in [3.63, 3.8) is 0 Å². The minimum atomic E-state index is -0.288. The van der Waals surface area contributed by atoms with E-state index in [1.54, 1.807) is 30.1 Å². The summed E-state index contributed by atoms with van der Waals surface area (Å²) in [5, 5.41) is 2.85. The van der Waals surface area contributed by atoms with E-state index in [9.17, 15) is 14.4 Å². The zero-order valence-electron chi connectivity index (χ0n) is 19.7. The van der Waals surface area contributed by atoms with Gasteiger partial charge in [-0.25, -0.2) is 0 Å². The summed E-state index contributed by atoms with van der Waals surface area (Å²) < 4.78 is 12.3. The number of carbonyl (C=O) groups excluding carboxylic acids is 3. The molecule has 0 aromatic heterocycles. The van der Waals surface area contributed by atoms with Gasteiger partial charge in [-0.1, -0.05) is 6.92 Å². The number of amides is 3. The molecule has 2 fully saturated rings. The normalized spacial score (nSPS) is 25.3. The van der Waals surface area contributed by atoms with Gasteiger partial charge in [0.05, 0.1) is 24.1 Å². The Labute approximate surface area is 195 Å². The van der Waals surface area contributed by atoms with Gasteiger partial charge in [-0.3, -0.25) is 14.4 Å². The Bertz CT molecular complexity index is 883. The SMILES string of the molecule is CCCC(=O)Nc1ccc2c(c1)C(=O)N(C)[C@H]1CC[C@@H](CC(=O)N3CCCCC3)O[C@H]1CO2. The van der Waals surface area contributed by atoms with Gasteiger partial charge in [-0.05, 0) is 56.7 Å². The third kappa shape index (κ3) is 5.49. The molecule has 0 aliphatic carbocycles. The molecule has 33 heavy (non-hydrogen) atoms. The quantitative estimate of drug-likeness (QED) is 0.734. The molecule has 0 bridgehead atoms. The zero-order valence-corrected chi connectivity index (χ0v) is 19.7. The number of benzene rings is 1. The van der Waals surface area contributed by atoms with Crippen molar-refractivity contribution in [2.45, 2.75) is 76.5 Å². The summed E-state index contributed by atoms with van der Waals surface area (Å²) in [4.78, 5) is 41.6. The van der Waals surface area contributed by atoms with Crippen molar-refractivity contribution in [3.05, 3.63) is 23.8 Å². The summed E-state index contributed by atoms with van der Waals surface area (Å²) in [6, 6.07) is 5.04. The summed E-state index contributed by atoms with van der Waals surface area (Å²) in [7, 11) is 1.79. The average molecular weight is 458 g/mol. The van der Waals surface area contributed by atoms with E-state index >= 15 is 0 Å². The summed E-state index contributed by atoms with van der Waals surface area (Å²) >= 11 is 0. The molecule has 1 N–H and O–H groups in total. The fourth-order valence-corrected chi connectivity index (χ4v) is 5.02. The Hall–Kier alpha value is -2.61. The van der Waals surface area contributed by atoms with Crippen LogP contribution in [0.5, 0.6) is 5.75 Å². The van der Waals surface area contributed by atoms with Gasteiger partial charge in [0.1, 0.15) is 18.5 Å². The van der Waals surface area contributed by atoms with E-state index in [2.05, 4.69) is 5.32 Å². The van der Waals surface area contributed by atoms with Crippen molar-refractivity contribution >= 4 is 23.4 Å². The van der Waals surface area contributed by atoms with E-state index in [1.807, 2.05) is 11.8 Å². The van der Waals surface area contributed by atoms with E-state index < -0.39 is 0 Å². The topological polar surface area (TPSA) is 88.2 Å². The highest BCUT2D eigenvalue weighted by atomic mass is 16.5. The van der Waals surface area contributed by atoms with Gasteiger partial charge in [0.2, 0.25) is 11.8 Å². The van der Waals surface area contributed by atoms with Gasteiger partial charge in [0.25, 0.3) is 5.91 Å². The molecule has 3 aliphatic heterocycles. The number of rotatable bonds is 5. The number of nitrogens with one attached hydrogen (secondary N) is 1. The molecule has 0 radical (unpaired) electrons. The van der Waals surface area contributed by atoms with E-state index in [-0.39, 0.29) is 36.0 Å². The molecular formula is C25H35N3O5. The Morgan fingerprint density at radius 2 is 1.94 bits per heavy atom. The van der Waals surface area contributed by atoms with E-state index in [1.165, 1.54) is 6.42 Å². The van der Waals surface area contributed by atoms with Crippen LogP contribution in [0.15, 0.2) is 18.2 Å². The van der Waals surface area contributed by atoms with E-state index in [0.29, 0.717) is 36.4 Å². The van der Waals surface area contributed by atoms with Crippen molar-refractivity contribution in [1.29, 1.82) is 0 Å². The molecule has 2 saturated heterocycles. The standard InChI is InChI=1S/C25H35N3O5/c1-3-7-23(29)26-17-8-11-21-19(14-17)25(31)27(2)20-10-9-18(33-22(20)16-32-21)15-24(30)28-12-5-4-6-13-28/h8,11,14,18,20,22H,3-7,9-10,12-13,15-16H2,1-2H3,(H,26,29)/t18-,20-,22-/m0/s1. The summed E-state index contributed by atoms with van der Waals surface area (Å²) in [6.07, 6.45) is 5.98. The molecular weight excluding hydrogens is 422 g/mol. The van der Waals surface area contributed by atoms with E-state index in [0.717, 1.165) is 45.2 Å². The first-order valence-electron chi connectivity index (χ1n) is 12.2.